The average Bonchev–Trinajstić information content (AvgIpc) is 2.91. The molecule has 0 aliphatic carbocycles. The average molecular weight is 379 g/mol. The summed E-state index contributed by atoms with van der Waals surface area (Å²) in [5.74, 6) is -0.0739. The van der Waals surface area contributed by atoms with E-state index in [0.29, 0.717) is 11.3 Å². The number of thiophene rings is 1. The maximum absolute atomic E-state index is 12.6. The second-order valence-electron chi connectivity index (χ2n) is 6.34. The van der Waals surface area contributed by atoms with E-state index in [1.54, 1.807) is 23.6 Å². The van der Waals surface area contributed by atoms with Crippen molar-refractivity contribution >= 4 is 33.0 Å². The molecule has 0 spiro atoms. The van der Waals surface area contributed by atoms with Crippen LogP contribution >= 0.6 is 11.3 Å². The molecule has 0 atom stereocenters. The van der Waals surface area contributed by atoms with Gasteiger partial charge in [0.25, 0.3) is 15.9 Å². The Morgan fingerprint density at radius 1 is 1.12 bits per heavy atom. The minimum Gasteiger partial charge on any atom is -0.339 e. The molecule has 134 valence electrons. The quantitative estimate of drug-likeness (QED) is 0.878. The number of hydrogen-bond donors (Lipinski definition) is 1. The molecule has 0 saturated carbocycles. The maximum atomic E-state index is 12.6. The molecule has 2 heterocycles. The van der Waals surface area contributed by atoms with Crippen LogP contribution in [0.4, 0.5) is 5.69 Å². The van der Waals surface area contributed by atoms with Gasteiger partial charge in [0.1, 0.15) is 4.21 Å². The summed E-state index contributed by atoms with van der Waals surface area (Å²) in [7, 11) is -3.68. The molecule has 1 aromatic carbocycles. The molecular weight excluding hydrogens is 356 g/mol. The zero-order chi connectivity index (χ0) is 17.9. The fourth-order valence-electron chi connectivity index (χ4n) is 2.94. The van der Waals surface area contributed by atoms with Gasteiger partial charge >= 0.3 is 0 Å². The Hall–Kier alpha value is -1.86. The van der Waals surface area contributed by atoms with Crippen LogP contribution < -0.4 is 4.72 Å². The second-order valence-corrected chi connectivity index (χ2v) is 9.16. The molecule has 1 aliphatic rings. The van der Waals surface area contributed by atoms with Crippen molar-refractivity contribution in [1.82, 2.24) is 4.90 Å². The van der Waals surface area contributed by atoms with Gasteiger partial charge in [-0.25, -0.2) is 8.42 Å². The summed E-state index contributed by atoms with van der Waals surface area (Å²) in [5, 5.41) is 1.64. The van der Waals surface area contributed by atoms with Crippen LogP contribution in [0.5, 0.6) is 0 Å². The molecule has 1 saturated heterocycles. The van der Waals surface area contributed by atoms with E-state index in [2.05, 4.69) is 4.72 Å². The van der Waals surface area contributed by atoms with E-state index >= 15 is 0 Å². The number of nitrogens with one attached hydrogen (secondary N) is 1. The molecule has 7 heteroatoms. The van der Waals surface area contributed by atoms with Gasteiger partial charge in [-0.3, -0.25) is 9.52 Å². The predicted octanol–water partition coefficient (Wildman–Crippen LogP) is 3.87. The summed E-state index contributed by atoms with van der Waals surface area (Å²) in [6, 6.07) is 8.67. The number of carbonyl (C=O) groups excluding carboxylic acids is 1. The van der Waals surface area contributed by atoms with E-state index in [4.69, 9.17) is 0 Å². The molecule has 1 aliphatic heterocycles. The molecule has 0 unspecified atom stereocenters. The molecule has 2 aromatic rings. The number of likely N-dealkylation sites (tertiary alicyclic amines) is 1. The lowest BCUT2D eigenvalue weighted by Gasteiger charge is -2.19. The summed E-state index contributed by atoms with van der Waals surface area (Å²) >= 11 is 1.08. The zero-order valence-corrected chi connectivity index (χ0v) is 15.8. The summed E-state index contributed by atoms with van der Waals surface area (Å²) in [5.41, 5.74) is 1.95. The molecule has 1 fully saturated rings. The van der Waals surface area contributed by atoms with Crippen molar-refractivity contribution in [1.29, 1.82) is 0 Å². The molecule has 1 N–H and O–H groups in total. The van der Waals surface area contributed by atoms with Crippen LogP contribution in [-0.2, 0) is 10.0 Å². The second kappa shape index (κ2) is 7.58. The standard InChI is InChI=1S/C18H22N2O3S2/c1-14-7-6-8-16(11-14)19-25(22,23)17-12-15(13-24-17)18(21)20-9-4-2-3-5-10-20/h6-8,11-13,19H,2-5,9-10H2,1H3. The summed E-state index contributed by atoms with van der Waals surface area (Å²) in [6.07, 6.45) is 4.31. The molecule has 1 amide bonds. The number of amides is 1. The van der Waals surface area contributed by atoms with Crippen LogP contribution in [0.1, 0.15) is 41.6 Å². The van der Waals surface area contributed by atoms with Gasteiger partial charge in [0, 0.05) is 24.2 Å². The Bertz CT molecular complexity index is 851. The highest BCUT2D eigenvalue weighted by atomic mass is 32.2. The molecule has 1 aromatic heterocycles. The maximum Gasteiger partial charge on any atom is 0.271 e. The molecule has 0 radical (unpaired) electrons. The Labute approximate surface area is 152 Å². The highest BCUT2D eigenvalue weighted by molar-refractivity contribution is 7.94. The monoisotopic (exact) mass is 378 g/mol. The van der Waals surface area contributed by atoms with Crippen LogP contribution in [-0.4, -0.2) is 32.3 Å². The lowest BCUT2D eigenvalue weighted by Crippen LogP contribution is -2.31. The Kier molecular flexibility index (Phi) is 5.44. The first-order chi connectivity index (χ1) is 12.0. The minimum absolute atomic E-state index is 0.0739. The first-order valence-electron chi connectivity index (χ1n) is 8.43. The highest BCUT2D eigenvalue weighted by Gasteiger charge is 2.22. The smallest absolute Gasteiger partial charge is 0.271 e. The lowest BCUT2D eigenvalue weighted by atomic mass is 10.2. The van der Waals surface area contributed by atoms with E-state index in [0.717, 1.165) is 55.7 Å². The molecule has 5 nitrogen and oxygen atoms in total. The number of sulfonamides is 1. The Balaban J connectivity index is 1.76. The van der Waals surface area contributed by atoms with Crippen LogP contribution in [0.25, 0.3) is 0 Å². The van der Waals surface area contributed by atoms with E-state index < -0.39 is 10.0 Å². The van der Waals surface area contributed by atoms with Gasteiger partial charge in [-0.2, -0.15) is 0 Å². The van der Waals surface area contributed by atoms with Gasteiger partial charge in [-0.05, 0) is 43.5 Å². The number of benzene rings is 1. The SMILES string of the molecule is Cc1cccc(NS(=O)(=O)c2cc(C(=O)N3CCCCCC3)cs2)c1. The largest absolute Gasteiger partial charge is 0.339 e. The fraction of sp³-hybridized carbons (Fsp3) is 0.389. The molecule has 25 heavy (non-hydrogen) atoms. The normalized spacial score (nSPS) is 15.6. The van der Waals surface area contributed by atoms with Gasteiger partial charge in [-0.1, -0.05) is 25.0 Å². The van der Waals surface area contributed by atoms with Crippen molar-refractivity contribution in [3.05, 3.63) is 46.8 Å². The number of rotatable bonds is 4. The van der Waals surface area contributed by atoms with Crippen molar-refractivity contribution < 1.29 is 13.2 Å². The van der Waals surface area contributed by atoms with Crippen LogP contribution in [0.3, 0.4) is 0 Å². The van der Waals surface area contributed by atoms with Crippen molar-refractivity contribution in [2.24, 2.45) is 0 Å². The number of hydrogen-bond acceptors (Lipinski definition) is 4. The van der Waals surface area contributed by atoms with Crippen molar-refractivity contribution in [3.63, 3.8) is 0 Å². The van der Waals surface area contributed by atoms with Crippen LogP contribution in [0.15, 0.2) is 39.9 Å². The van der Waals surface area contributed by atoms with Crippen molar-refractivity contribution in [3.8, 4) is 0 Å². The number of anilines is 1. The molecule has 3 rings (SSSR count). The number of nitrogens with zero attached hydrogens (tertiary/aromatic N) is 1. The third-order valence-corrected chi connectivity index (χ3v) is 7.07. The van der Waals surface area contributed by atoms with Crippen molar-refractivity contribution in [2.75, 3.05) is 17.8 Å². The third kappa shape index (κ3) is 4.41. The predicted molar refractivity (Wildman–Crippen MR) is 101 cm³/mol. The van der Waals surface area contributed by atoms with Crippen molar-refractivity contribution in [2.45, 2.75) is 36.8 Å². The summed E-state index contributed by atoms with van der Waals surface area (Å²) in [4.78, 5) is 14.4. The Morgan fingerprint density at radius 2 is 1.84 bits per heavy atom. The Morgan fingerprint density at radius 3 is 2.52 bits per heavy atom. The van der Waals surface area contributed by atoms with Gasteiger partial charge < -0.3 is 4.90 Å². The van der Waals surface area contributed by atoms with E-state index in [9.17, 15) is 13.2 Å². The van der Waals surface area contributed by atoms with Gasteiger partial charge in [0.2, 0.25) is 0 Å². The fourth-order valence-corrected chi connectivity index (χ4v) is 5.14. The first kappa shape index (κ1) is 17.9. The molecular formula is C18H22N2O3S2. The topological polar surface area (TPSA) is 66.5 Å². The third-order valence-electron chi connectivity index (χ3n) is 4.25. The minimum atomic E-state index is -3.68. The molecule has 0 bridgehead atoms. The van der Waals surface area contributed by atoms with E-state index in [1.807, 2.05) is 17.9 Å². The first-order valence-corrected chi connectivity index (χ1v) is 10.8. The summed E-state index contributed by atoms with van der Waals surface area (Å²) in [6.45, 7) is 3.40. The van der Waals surface area contributed by atoms with Gasteiger partial charge in [0.15, 0.2) is 0 Å². The zero-order valence-electron chi connectivity index (χ0n) is 14.2. The van der Waals surface area contributed by atoms with Gasteiger partial charge in [-0.15, -0.1) is 11.3 Å². The van der Waals surface area contributed by atoms with Crippen LogP contribution in [0.2, 0.25) is 0 Å². The van der Waals surface area contributed by atoms with E-state index in [-0.39, 0.29) is 10.1 Å². The van der Waals surface area contributed by atoms with E-state index in [1.165, 1.54) is 6.07 Å². The van der Waals surface area contributed by atoms with Crippen LogP contribution in [0, 0.1) is 6.92 Å². The highest BCUT2D eigenvalue weighted by Crippen LogP contribution is 2.25. The lowest BCUT2D eigenvalue weighted by molar-refractivity contribution is 0.0762. The van der Waals surface area contributed by atoms with Gasteiger partial charge in [0.05, 0.1) is 5.56 Å². The summed E-state index contributed by atoms with van der Waals surface area (Å²) < 4.78 is 27.8. The number of carbonyl (C=O) groups is 1. The number of aryl methyl sites for hydroxylation is 1.